The Morgan fingerprint density at radius 1 is 1.00 bits per heavy atom. The highest BCUT2D eigenvalue weighted by Crippen LogP contribution is 2.23. The molecular formula is C20H24N4O3. The van der Waals surface area contributed by atoms with Crippen LogP contribution in [0.4, 0.5) is 10.5 Å². The fourth-order valence-corrected chi connectivity index (χ4v) is 2.54. The van der Waals surface area contributed by atoms with Crippen LogP contribution in [0.25, 0.3) is 11.1 Å². The van der Waals surface area contributed by atoms with E-state index in [2.05, 4.69) is 4.74 Å². The van der Waals surface area contributed by atoms with Crippen molar-refractivity contribution in [3.63, 3.8) is 0 Å². The molecule has 7 heteroatoms. The van der Waals surface area contributed by atoms with Crippen molar-refractivity contribution in [1.29, 1.82) is 5.41 Å². The summed E-state index contributed by atoms with van der Waals surface area (Å²) in [6.45, 7) is 0.288. The number of nitrogen functional groups attached to an aromatic ring is 1. The molecule has 2 aromatic carbocycles. The number of nitrogens with zero attached hydrogens (tertiary/aromatic N) is 2. The highest BCUT2D eigenvalue weighted by Gasteiger charge is 2.16. The molecule has 2 aromatic rings. The summed E-state index contributed by atoms with van der Waals surface area (Å²) in [7, 11) is 4.66. The van der Waals surface area contributed by atoms with Gasteiger partial charge in [0.2, 0.25) is 0 Å². The van der Waals surface area contributed by atoms with Crippen LogP contribution in [0.15, 0.2) is 48.5 Å². The number of rotatable bonds is 6. The molecule has 142 valence electrons. The summed E-state index contributed by atoms with van der Waals surface area (Å²) in [4.78, 5) is 26.7. The number of anilines is 1. The van der Waals surface area contributed by atoms with Crippen LogP contribution in [0, 0.1) is 5.41 Å². The number of ether oxygens (including phenoxy) is 1. The van der Waals surface area contributed by atoms with E-state index in [-0.39, 0.29) is 30.8 Å². The first-order valence-corrected chi connectivity index (χ1v) is 8.44. The number of carbonyl (C=O) groups excluding carboxylic acids is 2. The van der Waals surface area contributed by atoms with Crippen molar-refractivity contribution in [3.8, 4) is 11.1 Å². The molecule has 0 fully saturated rings. The third-order valence-corrected chi connectivity index (χ3v) is 4.28. The lowest BCUT2D eigenvalue weighted by atomic mass is 10.0. The number of nitrogens with one attached hydrogen (secondary N) is 1. The van der Waals surface area contributed by atoms with Crippen molar-refractivity contribution in [2.75, 3.05) is 32.6 Å². The Balaban J connectivity index is 2.06. The molecule has 7 nitrogen and oxygen atoms in total. The van der Waals surface area contributed by atoms with Gasteiger partial charge in [0.25, 0.3) is 0 Å². The average molecular weight is 368 g/mol. The number of hydrogen-bond acceptors (Lipinski definition) is 4. The molecule has 2 rings (SSSR count). The molecule has 0 saturated heterocycles. The lowest BCUT2D eigenvalue weighted by molar-refractivity contribution is -0.140. The third-order valence-electron chi connectivity index (χ3n) is 4.28. The van der Waals surface area contributed by atoms with Crippen LogP contribution in [0.2, 0.25) is 0 Å². The smallest absolute Gasteiger partial charge is 0.323 e. The van der Waals surface area contributed by atoms with Crippen molar-refractivity contribution in [2.45, 2.75) is 6.42 Å². The minimum absolute atomic E-state index is 0.0355. The van der Waals surface area contributed by atoms with E-state index in [9.17, 15) is 9.59 Å². The highest BCUT2D eigenvalue weighted by molar-refractivity contribution is 5.95. The summed E-state index contributed by atoms with van der Waals surface area (Å²) in [5.74, 6) is -0.314. The summed E-state index contributed by atoms with van der Waals surface area (Å²) >= 11 is 0. The van der Waals surface area contributed by atoms with E-state index in [1.165, 1.54) is 16.9 Å². The van der Waals surface area contributed by atoms with Gasteiger partial charge in [-0.25, -0.2) is 4.79 Å². The summed E-state index contributed by atoms with van der Waals surface area (Å²) in [6, 6.07) is 14.8. The normalized spacial score (nSPS) is 10.2. The van der Waals surface area contributed by atoms with Crippen molar-refractivity contribution in [2.24, 2.45) is 5.73 Å². The standard InChI is InChI=1S/C20H24N4O3/c1-23(13-12-18(25)27-3)20(26)24(2)17-10-8-15(9-11-17)14-4-6-16(7-5-14)19(21)22/h4-11H,12-13H2,1-3H3,(H3,21,22). The first-order valence-electron chi connectivity index (χ1n) is 8.44. The molecule has 0 unspecified atom stereocenters. The number of nitrogens with two attached hydrogens (primary N) is 1. The number of amidine groups is 1. The lowest BCUT2D eigenvalue weighted by Gasteiger charge is -2.24. The van der Waals surface area contributed by atoms with E-state index in [0.29, 0.717) is 5.56 Å². The van der Waals surface area contributed by atoms with E-state index in [1.807, 2.05) is 36.4 Å². The Morgan fingerprint density at radius 3 is 2.00 bits per heavy atom. The number of carbonyl (C=O) groups is 2. The molecule has 0 saturated carbocycles. The van der Waals surface area contributed by atoms with Crippen molar-refractivity contribution in [3.05, 3.63) is 54.1 Å². The SMILES string of the molecule is COC(=O)CCN(C)C(=O)N(C)c1ccc(-c2ccc(C(=N)N)cc2)cc1. The molecule has 3 N–H and O–H groups in total. The Bertz CT molecular complexity index is 816. The molecule has 2 amide bonds. The third kappa shape index (κ3) is 5.07. The fourth-order valence-electron chi connectivity index (χ4n) is 2.54. The quantitative estimate of drug-likeness (QED) is 0.465. The number of urea groups is 1. The van der Waals surface area contributed by atoms with Gasteiger partial charge in [-0.1, -0.05) is 36.4 Å². The first kappa shape index (κ1) is 20.0. The van der Waals surface area contributed by atoms with Crippen molar-refractivity contribution >= 4 is 23.5 Å². The Morgan fingerprint density at radius 2 is 1.52 bits per heavy atom. The zero-order chi connectivity index (χ0) is 20.0. The molecular weight excluding hydrogens is 344 g/mol. The minimum Gasteiger partial charge on any atom is -0.469 e. The van der Waals surface area contributed by atoms with Gasteiger partial charge in [-0.3, -0.25) is 15.1 Å². The average Bonchev–Trinajstić information content (AvgIpc) is 2.70. The van der Waals surface area contributed by atoms with Crippen LogP contribution >= 0.6 is 0 Å². The van der Waals surface area contributed by atoms with E-state index in [0.717, 1.165) is 16.8 Å². The van der Waals surface area contributed by atoms with E-state index < -0.39 is 0 Å². The molecule has 0 radical (unpaired) electrons. The Hall–Kier alpha value is -3.35. The second kappa shape index (κ2) is 8.84. The second-order valence-corrected chi connectivity index (χ2v) is 6.13. The zero-order valence-corrected chi connectivity index (χ0v) is 15.7. The number of esters is 1. The maximum Gasteiger partial charge on any atom is 0.323 e. The Kier molecular flexibility index (Phi) is 6.54. The van der Waals surface area contributed by atoms with Gasteiger partial charge in [-0.2, -0.15) is 0 Å². The van der Waals surface area contributed by atoms with Crippen LogP contribution in [-0.2, 0) is 9.53 Å². The highest BCUT2D eigenvalue weighted by atomic mass is 16.5. The van der Waals surface area contributed by atoms with Gasteiger partial charge in [0.05, 0.1) is 13.5 Å². The zero-order valence-electron chi connectivity index (χ0n) is 15.7. The molecule has 0 aliphatic carbocycles. The first-order chi connectivity index (χ1) is 12.8. The molecule has 0 atom stereocenters. The molecule has 0 heterocycles. The van der Waals surface area contributed by atoms with Crippen LogP contribution in [-0.4, -0.2) is 50.5 Å². The number of methoxy groups -OCH3 is 1. The van der Waals surface area contributed by atoms with E-state index >= 15 is 0 Å². The predicted octanol–water partition coefficient (Wildman–Crippen LogP) is 2.69. The van der Waals surface area contributed by atoms with Crippen LogP contribution in [0.5, 0.6) is 0 Å². The molecule has 0 spiro atoms. The van der Waals surface area contributed by atoms with Crippen LogP contribution in [0.3, 0.4) is 0 Å². The fraction of sp³-hybridized carbons (Fsp3) is 0.250. The molecule has 0 aliphatic rings. The number of benzene rings is 2. The molecule has 0 aromatic heterocycles. The monoisotopic (exact) mass is 368 g/mol. The van der Waals surface area contributed by atoms with Crippen LogP contribution < -0.4 is 10.6 Å². The lowest BCUT2D eigenvalue weighted by Crippen LogP contribution is -2.39. The van der Waals surface area contributed by atoms with Gasteiger partial charge in [0.1, 0.15) is 5.84 Å². The topological polar surface area (TPSA) is 99.7 Å². The number of hydrogen-bond donors (Lipinski definition) is 2. The largest absolute Gasteiger partial charge is 0.469 e. The van der Waals surface area contributed by atoms with Gasteiger partial charge in [0, 0.05) is 31.9 Å². The molecule has 0 aliphatic heterocycles. The van der Waals surface area contributed by atoms with Crippen LogP contribution in [0.1, 0.15) is 12.0 Å². The van der Waals surface area contributed by atoms with Gasteiger partial charge < -0.3 is 15.4 Å². The molecule has 0 bridgehead atoms. The maximum atomic E-state index is 12.5. The van der Waals surface area contributed by atoms with Gasteiger partial charge in [-0.15, -0.1) is 0 Å². The Labute approximate surface area is 158 Å². The van der Waals surface area contributed by atoms with Crippen molar-refractivity contribution < 1.29 is 14.3 Å². The van der Waals surface area contributed by atoms with E-state index in [1.54, 1.807) is 26.2 Å². The summed E-state index contributed by atoms with van der Waals surface area (Å²) in [5, 5.41) is 7.44. The summed E-state index contributed by atoms with van der Waals surface area (Å²) in [6.07, 6.45) is 0.155. The summed E-state index contributed by atoms with van der Waals surface area (Å²) in [5.41, 5.74) is 8.88. The maximum absolute atomic E-state index is 12.5. The van der Waals surface area contributed by atoms with Gasteiger partial charge in [-0.05, 0) is 23.3 Å². The predicted molar refractivity (Wildman–Crippen MR) is 106 cm³/mol. The van der Waals surface area contributed by atoms with Crippen molar-refractivity contribution in [1.82, 2.24) is 4.90 Å². The second-order valence-electron chi connectivity index (χ2n) is 6.13. The minimum atomic E-state index is -0.350. The van der Waals surface area contributed by atoms with Gasteiger partial charge >= 0.3 is 12.0 Å². The molecule has 27 heavy (non-hydrogen) atoms. The number of amides is 2. The van der Waals surface area contributed by atoms with Gasteiger partial charge in [0.15, 0.2) is 0 Å². The van der Waals surface area contributed by atoms with E-state index in [4.69, 9.17) is 11.1 Å². The summed E-state index contributed by atoms with van der Waals surface area (Å²) < 4.78 is 4.59.